The Morgan fingerprint density at radius 2 is 1.78 bits per heavy atom. The van der Waals surface area contributed by atoms with Crippen molar-refractivity contribution in [1.29, 1.82) is 0 Å². The lowest BCUT2D eigenvalue weighted by Gasteiger charge is -2.30. The van der Waals surface area contributed by atoms with Gasteiger partial charge in [-0.2, -0.15) is 0 Å². The van der Waals surface area contributed by atoms with Crippen LogP contribution in [0.3, 0.4) is 0 Å². The average molecular weight is 308 g/mol. The maximum absolute atomic E-state index is 6.11. The Bertz CT molecular complexity index is 447. The van der Waals surface area contributed by atoms with Gasteiger partial charge < -0.3 is 5.73 Å². The lowest BCUT2D eigenvalue weighted by Crippen LogP contribution is -2.32. The summed E-state index contributed by atoms with van der Waals surface area (Å²) >= 11 is 3.79. The van der Waals surface area contributed by atoms with E-state index in [-0.39, 0.29) is 5.41 Å². The predicted molar refractivity (Wildman–Crippen MR) is 80.0 cm³/mol. The second kappa shape index (κ2) is 4.97. The van der Waals surface area contributed by atoms with Crippen LogP contribution in [-0.2, 0) is 18.3 Å². The Hall–Kier alpha value is -0.340. The third-order valence-corrected chi connectivity index (χ3v) is 5.68. The van der Waals surface area contributed by atoms with Gasteiger partial charge in [0.2, 0.25) is 0 Å². The number of benzene rings is 1. The lowest BCUT2D eigenvalue weighted by molar-refractivity contribution is 0.451. The molecule has 3 rings (SSSR count). The van der Waals surface area contributed by atoms with Crippen LogP contribution in [0.1, 0.15) is 55.2 Å². The van der Waals surface area contributed by atoms with Gasteiger partial charge in [-0.25, -0.2) is 0 Å². The van der Waals surface area contributed by atoms with Gasteiger partial charge in [-0.3, -0.25) is 0 Å². The van der Waals surface area contributed by atoms with E-state index in [1.165, 1.54) is 61.4 Å². The molecule has 0 unspecified atom stereocenters. The van der Waals surface area contributed by atoms with E-state index in [4.69, 9.17) is 5.73 Å². The van der Waals surface area contributed by atoms with Gasteiger partial charge in [0, 0.05) is 16.4 Å². The molecule has 0 amide bonds. The zero-order valence-electron chi connectivity index (χ0n) is 11.0. The summed E-state index contributed by atoms with van der Waals surface area (Å²) < 4.78 is 1.33. The highest BCUT2D eigenvalue weighted by Crippen LogP contribution is 2.43. The first-order chi connectivity index (χ1) is 8.75. The summed E-state index contributed by atoms with van der Waals surface area (Å²) in [6.07, 6.45) is 10.4. The SMILES string of the molecule is NCC1(c2cc(Br)c3c(c2)CCCC3)CCCC1. The van der Waals surface area contributed by atoms with Crippen molar-refractivity contribution in [3.8, 4) is 0 Å². The predicted octanol–water partition coefficient (Wildman–Crippen LogP) is 4.10. The molecule has 1 aromatic rings. The van der Waals surface area contributed by atoms with Crippen LogP contribution in [0.4, 0.5) is 0 Å². The molecule has 0 radical (unpaired) electrons. The molecule has 0 atom stereocenters. The largest absolute Gasteiger partial charge is 0.330 e. The third kappa shape index (κ3) is 2.04. The molecule has 2 aliphatic carbocycles. The van der Waals surface area contributed by atoms with Crippen LogP contribution >= 0.6 is 15.9 Å². The van der Waals surface area contributed by atoms with Gasteiger partial charge in [0.15, 0.2) is 0 Å². The molecular formula is C16H22BrN. The van der Waals surface area contributed by atoms with Gasteiger partial charge in [-0.1, -0.05) is 34.8 Å². The van der Waals surface area contributed by atoms with Crippen LogP contribution in [0, 0.1) is 0 Å². The molecule has 1 nitrogen and oxygen atoms in total. The van der Waals surface area contributed by atoms with E-state index in [2.05, 4.69) is 28.1 Å². The summed E-state index contributed by atoms with van der Waals surface area (Å²) in [4.78, 5) is 0. The number of nitrogens with two attached hydrogens (primary N) is 1. The highest BCUT2D eigenvalue weighted by molar-refractivity contribution is 9.10. The van der Waals surface area contributed by atoms with Crippen LogP contribution in [0.5, 0.6) is 0 Å². The molecule has 1 saturated carbocycles. The number of aryl methyl sites for hydroxylation is 1. The average Bonchev–Trinajstić information content (AvgIpc) is 2.89. The molecule has 0 aliphatic heterocycles. The van der Waals surface area contributed by atoms with Gasteiger partial charge in [0.1, 0.15) is 0 Å². The van der Waals surface area contributed by atoms with Crippen molar-refractivity contribution in [3.05, 3.63) is 33.3 Å². The Morgan fingerprint density at radius 1 is 1.06 bits per heavy atom. The Kier molecular flexibility index (Phi) is 3.50. The standard InChI is InChI=1S/C16H22BrN/c17-15-10-13(16(11-18)7-3-4-8-16)9-12-5-1-2-6-14(12)15/h9-10H,1-8,11,18H2. The van der Waals surface area contributed by atoms with Gasteiger partial charge in [-0.05, 0) is 61.3 Å². The fraction of sp³-hybridized carbons (Fsp3) is 0.625. The van der Waals surface area contributed by atoms with Crippen LogP contribution in [0.2, 0.25) is 0 Å². The van der Waals surface area contributed by atoms with Gasteiger partial charge in [0.25, 0.3) is 0 Å². The van der Waals surface area contributed by atoms with Gasteiger partial charge in [0.05, 0.1) is 0 Å². The Morgan fingerprint density at radius 3 is 2.50 bits per heavy atom. The van der Waals surface area contributed by atoms with Crippen molar-refractivity contribution in [2.75, 3.05) is 6.54 Å². The Labute approximate surface area is 118 Å². The highest BCUT2D eigenvalue weighted by Gasteiger charge is 2.35. The smallest absolute Gasteiger partial charge is 0.0213 e. The van der Waals surface area contributed by atoms with E-state index in [0.29, 0.717) is 0 Å². The fourth-order valence-corrected chi connectivity index (χ4v) is 4.48. The van der Waals surface area contributed by atoms with E-state index in [0.717, 1.165) is 6.54 Å². The summed E-state index contributed by atoms with van der Waals surface area (Å²) in [5.41, 5.74) is 11.0. The first kappa shape index (κ1) is 12.7. The summed E-state index contributed by atoms with van der Waals surface area (Å²) in [6, 6.07) is 4.83. The van der Waals surface area contributed by atoms with Gasteiger partial charge in [-0.15, -0.1) is 0 Å². The van der Waals surface area contributed by atoms with Crippen LogP contribution in [0.25, 0.3) is 0 Å². The molecule has 18 heavy (non-hydrogen) atoms. The topological polar surface area (TPSA) is 26.0 Å². The van der Waals surface area contributed by atoms with E-state index in [1.807, 2.05) is 0 Å². The molecule has 0 aromatic heterocycles. The minimum Gasteiger partial charge on any atom is -0.330 e. The molecular weight excluding hydrogens is 286 g/mol. The molecule has 98 valence electrons. The van der Waals surface area contributed by atoms with Crippen molar-refractivity contribution >= 4 is 15.9 Å². The lowest BCUT2D eigenvalue weighted by atomic mass is 9.77. The monoisotopic (exact) mass is 307 g/mol. The normalized spacial score (nSPS) is 21.9. The second-order valence-electron chi connectivity index (χ2n) is 5.99. The maximum Gasteiger partial charge on any atom is 0.0213 e. The Balaban J connectivity index is 2.04. The first-order valence-electron chi connectivity index (χ1n) is 7.27. The van der Waals surface area contributed by atoms with Gasteiger partial charge >= 0.3 is 0 Å². The maximum atomic E-state index is 6.11. The molecule has 2 aliphatic rings. The molecule has 0 saturated heterocycles. The second-order valence-corrected chi connectivity index (χ2v) is 6.85. The third-order valence-electron chi connectivity index (χ3n) is 4.97. The van der Waals surface area contributed by atoms with Crippen molar-refractivity contribution in [1.82, 2.24) is 0 Å². The van der Waals surface area contributed by atoms with E-state index < -0.39 is 0 Å². The first-order valence-corrected chi connectivity index (χ1v) is 8.06. The molecule has 2 N–H and O–H groups in total. The summed E-state index contributed by atoms with van der Waals surface area (Å²) in [5.74, 6) is 0. The number of fused-ring (bicyclic) bond motifs is 1. The van der Waals surface area contributed by atoms with E-state index in [1.54, 1.807) is 11.1 Å². The van der Waals surface area contributed by atoms with Crippen molar-refractivity contribution in [2.45, 2.75) is 56.8 Å². The van der Waals surface area contributed by atoms with Crippen molar-refractivity contribution in [3.63, 3.8) is 0 Å². The molecule has 0 heterocycles. The van der Waals surface area contributed by atoms with Crippen LogP contribution < -0.4 is 5.73 Å². The number of halogens is 1. The number of hydrogen-bond acceptors (Lipinski definition) is 1. The number of hydrogen-bond donors (Lipinski definition) is 1. The number of rotatable bonds is 2. The van der Waals surface area contributed by atoms with Crippen LogP contribution in [0.15, 0.2) is 16.6 Å². The molecule has 2 heteroatoms. The molecule has 1 fully saturated rings. The zero-order chi connectivity index (χ0) is 12.6. The fourth-order valence-electron chi connectivity index (χ4n) is 3.78. The summed E-state index contributed by atoms with van der Waals surface area (Å²) in [5, 5.41) is 0. The zero-order valence-corrected chi connectivity index (χ0v) is 12.6. The highest BCUT2D eigenvalue weighted by atomic mass is 79.9. The van der Waals surface area contributed by atoms with Crippen molar-refractivity contribution < 1.29 is 0 Å². The minimum atomic E-state index is 0.273. The van der Waals surface area contributed by atoms with E-state index in [9.17, 15) is 0 Å². The quantitative estimate of drug-likeness (QED) is 0.874. The summed E-state index contributed by atoms with van der Waals surface area (Å²) in [7, 11) is 0. The summed E-state index contributed by atoms with van der Waals surface area (Å²) in [6.45, 7) is 0.804. The van der Waals surface area contributed by atoms with Crippen molar-refractivity contribution in [2.24, 2.45) is 5.73 Å². The van der Waals surface area contributed by atoms with E-state index >= 15 is 0 Å². The molecule has 1 aromatic carbocycles. The molecule has 0 bridgehead atoms. The minimum absolute atomic E-state index is 0.273. The molecule has 0 spiro atoms. The van der Waals surface area contributed by atoms with Crippen LogP contribution in [-0.4, -0.2) is 6.54 Å².